The standard InChI is InChI=1S/C25H20FN3O2/c1-3-23(30)28-22-10-6-9-21(27-17-13-11-16(26)12-14-17)24(22)20-15-29(2)25(31)19-8-5-4-7-18(19)20/h3-15,27H,1H2,2H3,(H,28,30). The minimum absolute atomic E-state index is 0.111. The molecule has 1 amide bonds. The summed E-state index contributed by atoms with van der Waals surface area (Å²) in [5, 5.41) is 7.47. The van der Waals surface area contributed by atoms with E-state index in [4.69, 9.17) is 0 Å². The zero-order valence-electron chi connectivity index (χ0n) is 16.9. The van der Waals surface area contributed by atoms with Crippen LogP contribution in [0.2, 0.25) is 0 Å². The molecule has 4 aromatic rings. The Kier molecular flexibility index (Phi) is 5.37. The van der Waals surface area contributed by atoms with Crippen LogP contribution in [0.25, 0.3) is 21.9 Å². The highest BCUT2D eigenvalue weighted by Crippen LogP contribution is 2.39. The molecule has 0 radical (unpaired) electrons. The summed E-state index contributed by atoms with van der Waals surface area (Å²) >= 11 is 0. The van der Waals surface area contributed by atoms with Gasteiger partial charge in [-0.1, -0.05) is 30.8 Å². The van der Waals surface area contributed by atoms with Gasteiger partial charge in [-0.15, -0.1) is 0 Å². The van der Waals surface area contributed by atoms with E-state index in [1.807, 2.05) is 24.3 Å². The van der Waals surface area contributed by atoms with Gasteiger partial charge in [-0.05, 0) is 53.9 Å². The monoisotopic (exact) mass is 413 g/mol. The fourth-order valence-electron chi connectivity index (χ4n) is 3.54. The number of amides is 1. The smallest absolute Gasteiger partial charge is 0.258 e. The molecule has 4 rings (SSSR count). The topological polar surface area (TPSA) is 63.1 Å². The molecule has 154 valence electrons. The van der Waals surface area contributed by atoms with E-state index >= 15 is 0 Å². The molecule has 6 heteroatoms. The summed E-state index contributed by atoms with van der Waals surface area (Å²) in [5.41, 5.74) is 3.29. The molecule has 0 unspecified atom stereocenters. The van der Waals surface area contributed by atoms with Crippen LogP contribution in [0.15, 0.2) is 90.4 Å². The third-order valence-corrected chi connectivity index (χ3v) is 4.99. The maximum absolute atomic E-state index is 13.4. The van der Waals surface area contributed by atoms with Gasteiger partial charge in [-0.25, -0.2) is 4.39 Å². The summed E-state index contributed by atoms with van der Waals surface area (Å²) in [4.78, 5) is 24.8. The largest absolute Gasteiger partial charge is 0.355 e. The molecule has 0 aliphatic carbocycles. The molecule has 1 heterocycles. The molecule has 0 aliphatic rings. The Hall–Kier alpha value is -4.19. The van der Waals surface area contributed by atoms with Gasteiger partial charge in [-0.2, -0.15) is 0 Å². The number of halogens is 1. The van der Waals surface area contributed by atoms with E-state index in [9.17, 15) is 14.0 Å². The minimum Gasteiger partial charge on any atom is -0.355 e. The number of nitrogens with one attached hydrogen (secondary N) is 2. The van der Waals surface area contributed by atoms with Crippen molar-refractivity contribution in [3.8, 4) is 11.1 Å². The maximum Gasteiger partial charge on any atom is 0.258 e. The number of fused-ring (bicyclic) bond motifs is 1. The zero-order valence-corrected chi connectivity index (χ0v) is 16.9. The third-order valence-electron chi connectivity index (χ3n) is 4.99. The highest BCUT2D eigenvalue weighted by molar-refractivity contribution is 6.08. The molecule has 0 saturated carbocycles. The molecule has 1 aromatic heterocycles. The molecular weight excluding hydrogens is 393 g/mol. The molecule has 0 aliphatic heterocycles. The van der Waals surface area contributed by atoms with Gasteiger partial charge in [0.15, 0.2) is 0 Å². The van der Waals surface area contributed by atoms with E-state index in [2.05, 4.69) is 17.2 Å². The first kappa shape index (κ1) is 20.1. The molecule has 3 aromatic carbocycles. The van der Waals surface area contributed by atoms with Gasteiger partial charge in [0.2, 0.25) is 5.91 Å². The van der Waals surface area contributed by atoms with Crippen molar-refractivity contribution >= 4 is 33.7 Å². The van der Waals surface area contributed by atoms with Crippen molar-refractivity contribution < 1.29 is 9.18 Å². The Bertz CT molecular complexity index is 1360. The predicted octanol–water partition coefficient (Wildman–Crippen LogP) is 5.21. The quantitative estimate of drug-likeness (QED) is 0.442. The number of benzene rings is 3. The molecule has 5 nitrogen and oxygen atoms in total. The number of nitrogens with zero attached hydrogens (tertiary/aromatic N) is 1. The second-order valence-corrected chi connectivity index (χ2v) is 7.06. The first-order valence-corrected chi connectivity index (χ1v) is 9.65. The summed E-state index contributed by atoms with van der Waals surface area (Å²) in [7, 11) is 1.69. The Morgan fingerprint density at radius 1 is 0.968 bits per heavy atom. The van der Waals surface area contributed by atoms with E-state index in [0.717, 1.165) is 10.9 Å². The van der Waals surface area contributed by atoms with Crippen molar-refractivity contribution in [2.75, 3.05) is 10.6 Å². The fraction of sp³-hybridized carbons (Fsp3) is 0.0400. The SMILES string of the molecule is C=CC(=O)Nc1cccc(Nc2ccc(F)cc2)c1-c1cn(C)c(=O)c2ccccc12. The van der Waals surface area contributed by atoms with Gasteiger partial charge in [0, 0.05) is 41.1 Å². The third kappa shape index (κ3) is 3.96. The number of pyridine rings is 1. The molecule has 0 saturated heterocycles. The fourth-order valence-corrected chi connectivity index (χ4v) is 3.54. The maximum atomic E-state index is 13.4. The summed E-state index contributed by atoms with van der Waals surface area (Å²) in [6.07, 6.45) is 2.95. The number of carbonyl (C=O) groups is 1. The number of rotatable bonds is 5. The average molecular weight is 413 g/mol. The van der Waals surface area contributed by atoms with Gasteiger partial charge in [0.1, 0.15) is 5.82 Å². The van der Waals surface area contributed by atoms with Crippen LogP contribution in [0, 0.1) is 5.82 Å². The highest BCUT2D eigenvalue weighted by atomic mass is 19.1. The molecule has 0 fully saturated rings. The molecule has 31 heavy (non-hydrogen) atoms. The van der Waals surface area contributed by atoms with Gasteiger partial charge >= 0.3 is 0 Å². The van der Waals surface area contributed by atoms with E-state index < -0.39 is 0 Å². The predicted molar refractivity (Wildman–Crippen MR) is 123 cm³/mol. The number of aromatic nitrogens is 1. The van der Waals surface area contributed by atoms with Crippen molar-refractivity contribution in [2.24, 2.45) is 7.05 Å². The lowest BCUT2D eigenvalue weighted by molar-refractivity contribution is -0.111. The van der Waals surface area contributed by atoms with Gasteiger partial charge < -0.3 is 15.2 Å². The first-order valence-electron chi connectivity index (χ1n) is 9.65. The van der Waals surface area contributed by atoms with Crippen molar-refractivity contribution in [2.45, 2.75) is 0 Å². The zero-order chi connectivity index (χ0) is 22.0. The molecule has 0 bridgehead atoms. The van der Waals surface area contributed by atoms with Crippen molar-refractivity contribution in [3.05, 3.63) is 102 Å². The van der Waals surface area contributed by atoms with Crippen LogP contribution >= 0.6 is 0 Å². The lowest BCUT2D eigenvalue weighted by Gasteiger charge is -2.19. The van der Waals surface area contributed by atoms with E-state index in [1.54, 1.807) is 43.6 Å². The van der Waals surface area contributed by atoms with E-state index in [0.29, 0.717) is 28.0 Å². The van der Waals surface area contributed by atoms with E-state index in [-0.39, 0.29) is 17.3 Å². The van der Waals surface area contributed by atoms with Crippen LogP contribution in [0.3, 0.4) is 0 Å². The van der Waals surface area contributed by atoms with Gasteiger partial charge in [-0.3, -0.25) is 9.59 Å². The summed E-state index contributed by atoms with van der Waals surface area (Å²) in [6, 6.07) is 18.8. The Balaban J connectivity index is 1.99. The first-order chi connectivity index (χ1) is 15.0. The number of carbonyl (C=O) groups excluding carboxylic acids is 1. The second-order valence-electron chi connectivity index (χ2n) is 7.06. The minimum atomic E-state index is -0.352. The molecule has 0 atom stereocenters. The lowest BCUT2D eigenvalue weighted by atomic mass is 9.97. The number of hydrogen-bond acceptors (Lipinski definition) is 3. The number of aryl methyl sites for hydroxylation is 1. The Labute approximate surface area is 178 Å². The van der Waals surface area contributed by atoms with Crippen LogP contribution in [0.4, 0.5) is 21.5 Å². The number of hydrogen-bond donors (Lipinski definition) is 2. The second kappa shape index (κ2) is 8.28. The average Bonchev–Trinajstić information content (AvgIpc) is 2.78. The lowest BCUT2D eigenvalue weighted by Crippen LogP contribution is -2.17. The normalized spacial score (nSPS) is 10.6. The van der Waals surface area contributed by atoms with Crippen LogP contribution in [-0.2, 0) is 11.8 Å². The van der Waals surface area contributed by atoms with Crippen molar-refractivity contribution in [1.82, 2.24) is 4.57 Å². The Morgan fingerprint density at radius 2 is 1.65 bits per heavy atom. The van der Waals surface area contributed by atoms with Crippen LogP contribution in [0.1, 0.15) is 0 Å². The molecular formula is C25H20FN3O2. The van der Waals surface area contributed by atoms with Crippen LogP contribution < -0.4 is 16.2 Å². The van der Waals surface area contributed by atoms with Crippen LogP contribution in [-0.4, -0.2) is 10.5 Å². The van der Waals surface area contributed by atoms with Gasteiger partial charge in [0.05, 0.1) is 5.69 Å². The van der Waals surface area contributed by atoms with Crippen molar-refractivity contribution in [3.63, 3.8) is 0 Å². The summed E-state index contributed by atoms with van der Waals surface area (Å²) in [6.45, 7) is 3.52. The number of anilines is 3. The summed E-state index contributed by atoms with van der Waals surface area (Å²) < 4.78 is 14.9. The molecule has 0 spiro atoms. The molecule has 2 N–H and O–H groups in total. The Morgan fingerprint density at radius 3 is 2.35 bits per heavy atom. The van der Waals surface area contributed by atoms with Gasteiger partial charge in [0.25, 0.3) is 5.56 Å². The van der Waals surface area contributed by atoms with E-state index in [1.165, 1.54) is 22.8 Å². The van der Waals surface area contributed by atoms with Crippen LogP contribution in [0.5, 0.6) is 0 Å². The summed E-state index contributed by atoms with van der Waals surface area (Å²) in [5.74, 6) is -0.684. The van der Waals surface area contributed by atoms with Crippen molar-refractivity contribution in [1.29, 1.82) is 0 Å². The highest BCUT2D eigenvalue weighted by Gasteiger charge is 2.17.